The van der Waals surface area contributed by atoms with E-state index in [0.717, 1.165) is 23.2 Å². The second kappa shape index (κ2) is 8.51. The summed E-state index contributed by atoms with van der Waals surface area (Å²) in [5.74, 6) is 1.10. The number of carbonyl (C=O) groups is 1. The summed E-state index contributed by atoms with van der Waals surface area (Å²) in [6.07, 6.45) is 1.11. The molecule has 2 aromatic carbocycles. The quantitative estimate of drug-likeness (QED) is 0.612. The number of rotatable bonds is 6. The standard InChI is InChI=1S/C20H24INO2/c1-5-13(2)16-6-8-17(9-7-16)24-12-20(23)22-19-11-14(3)18(21)10-15(19)4/h6-11,13H,5,12H2,1-4H3,(H,22,23)/t13-/m0/s1. The van der Waals surface area contributed by atoms with Gasteiger partial charge in [0.25, 0.3) is 5.91 Å². The maximum Gasteiger partial charge on any atom is 0.262 e. The Morgan fingerprint density at radius 1 is 1.17 bits per heavy atom. The van der Waals surface area contributed by atoms with Crippen LogP contribution in [0.1, 0.15) is 42.9 Å². The highest BCUT2D eigenvalue weighted by molar-refractivity contribution is 14.1. The number of anilines is 1. The van der Waals surface area contributed by atoms with E-state index in [4.69, 9.17) is 4.74 Å². The van der Waals surface area contributed by atoms with Gasteiger partial charge in [0.1, 0.15) is 5.75 Å². The lowest BCUT2D eigenvalue weighted by molar-refractivity contribution is -0.118. The van der Waals surface area contributed by atoms with Crippen molar-refractivity contribution < 1.29 is 9.53 Å². The van der Waals surface area contributed by atoms with Gasteiger partial charge in [0, 0.05) is 9.26 Å². The van der Waals surface area contributed by atoms with Crippen molar-refractivity contribution in [3.63, 3.8) is 0 Å². The van der Waals surface area contributed by atoms with Crippen molar-refractivity contribution in [2.45, 2.75) is 40.0 Å². The average molecular weight is 437 g/mol. The fraction of sp³-hybridized carbons (Fsp3) is 0.350. The maximum atomic E-state index is 12.1. The molecule has 0 aliphatic rings. The van der Waals surface area contributed by atoms with E-state index in [1.807, 2.05) is 32.0 Å². The molecule has 0 radical (unpaired) electrons. The van der Waals surface area contributed by atoms with Gasteiger partial charge in [0.2, 0.25) is 0 Å². The predicted molar refractivity (Wildman–Crippen MR) is 108 cm³/mol. The van der Waals surface area contributed by atoms with Crippen LogP contribution in [0.2, 0.25) is 0 Å². The van der Waals surface area contributed by atoms with Crippen molar-refractivity contribution in [2.24, 2.45) is 0 Å². The van der Waals surface area contributed by atoms with Gasteiger partial charge in [0.15, 0.2) is 6.61 Å². The van der Waals surface area contributed by atoms with Crippen LogP contribution in [-0.4, -0.2) is 12.5 Å². The van der Waals surface area contributed by atoms with Gasteiger partial charge in [-0.15, -0.1) is 0 Å². The highest BCUT2D eigenvalue weighted by atomic mass is 127. The van der Waals surface area contributed by atoms with Crippen molar-refractivity contribution in [3.05, 3.63) is 56.7 Å². The predicted octanol–water partition coefficient (Wildman–Crippen LogP) is 5.44. The van der Waals surface area contributed by atoms with Crippen LogP contribution in [0.25, 0.3) is 0 Å². The van der Waals surface area contributed by atoms with E-state index in [-0.39, 0.29) is 12.5 Å². The van der Waals surface area contributed by atoms with Crippen LogP contribution in [0, 0.1) is 17.4 Å². The van der Waals surface area contributed by atoms with E-state index in [2.05, 4.69) is 60.0 Å². The third-order valence-corrected chi connectivity index (χ3v) is 5.37. The number of hydrogen-bond acceptors (Lipinski definition) is 2. The van der Waals surface area contributed by atoms with Gasteiger partial charge in [-0.25, -0.2) is 0 Å². The molecule has 0 bridgehead atoms. The molecule has 0 fully saturated rings. The van der Waals surface area contributed by atoms with Gasteiger partial charge >= 0.3 is 0 Å². The number of aryl methyl sites for hydroxylation is 2. The largest absolute Gasteiger partial charge is 0.484 e. The summed E-state index contributed by atoms with van der Waals surface area (Å²) in [4.78, 5) is 12.1. The summed E-state index contributed by atoms with van der Waals surface area (Å²) < 4.78 is 6.78. The minimum atomic E-state index is -0.148. The van der Waals surface area contributed by atoms with Crippen LogP contribution in [0.4, 0.5) is 5.69 Å². The van der Waals surface area contributed by atoms with E-state index in [1.165, 1.54) is 9.13 Å². The number of hydrogen-bond donors (Lipinski definition) is 1. The molecule has 0 saturated carbocycles. The summed E-state index contributed by atoms with van der Waals surface area (Å²) in [5, 5.41) is 2.92. The zero-order chi connectivity index (χ0) is 17.7. The second-order valence-electron chi connectivity index (χ2n) is 6.13. The van der Waals surface area contributed by atoms with Gasteiger partial charge in [0.05, 0.1) is 0 Å². The van der Waals surface area contributed by atoms with E-state index < -0.39 is 0 Å². The fourth-order valence-corrected chi connectivity index (χ4v) is 3.00. The number of benzene rings is 2. The lowest BCUT2D eigenvalue weighted by Crippen LogP contribution is -2.20. The van der Waals surface area contributed by atoms with Crippen molar-refractivity contribution in [1.82, 2.24) is 0 Å². The minimum absolute atomic E-state index is 0.00710. The molecule has 0 spiro atoms. The zero-order valence-corrected chi connectivity index (χ0v) is 16.8. The molecule has 3 nitrogen and oxygen atoms in total. The van der Waals surface area contributed by atoms with Crippen LogP contribution in [0.3, 0.4) is 0 Å². The average Bonchev–Trinajstić information content (AvgIpc) is 2.57. The molecule has 24 heavy (non-hydrogen) atoms. The topological polar surface area (TPSA) is 38.3 Å². The first-order valence-corrected chi connectivity index (χ1v) is 9.28. The zero-order valence-electron chi connectivity index (χ0n) is 14.7. The summed E-state index contributed by atoms with van der Waals surface area (Å²) in [7, 11) is 0. The Morgan fingerprint density at radius 3 is 2.46 bits per heavy atom. The Hall–Kier alpha value is -1.56. The number of carbonyl (C=O) groups excluding carboxylic acids is 1. The van der Waals surface area contributed by atoms with E-state index in [0.29, 0.717) is 11.7 Å². The molecule has 0 saturated heterocycles. The molecular formula is C20H24INO2. The first-order valence-electron chi connectivity index (χ1n) is 8.20. The Labute approximate surface area is 157 Å². The number of amides is 1. The summed E-state index contributed by atoms with van der Waals surface area (Å²) in [6.45, 7) is 8.41. The number of halogens is 1. The fourth-order valence-electron chi connectivity index (χ4n) is 2.38. The molecule has 2 aromatic rings. The van der Waals surface area contributed by atoms with E-state index in [1.54, 1.807) is 0 Å². The smallest absolute Gasteiger partial charge is 0.262 e. The molecule has 1 N–H and O–H groups in total. The molecule has 0 unspecified atom stereocenters. The molecular weight excluding hydrogens is 413 g/mol. The van der Waals surface area contributed by atoms with Gasteiger partial charge in [-0.2, -0.15) is 0 Å². The minimum Gasteiger partial charge on any atom is -0.484 e. The first kappa shape index (κ1) is 18.8. The highest BCUT2D eigenvalue weighted by Crippen LogP contribution is 2.23. The van der Waals surface area contributed by atoms with E-state index >= 15 is 0 Å². The molecule has 0 aromatic heterocycles. The molecule has 128 valence electrons. The molecule has 1 amide bonds. The van der Waals surface area contributed by atoms with Crippen molar-refractivity contribution in [2.75, 3.05) is 11.9 Å². The highest BCUT2D eigenvalue weighted by Gasteiger charge is 2.08. The van der Waals surface area contributed by atoms with E-state index in [9.17, 15) is 4.79 Å². The van der Waals surface area contributed by atoms with Gasteiger partial charge in [-0.1, -0.05) is 26.0 Å². The summed E-state index contributed by atoms with van der Waals surface area (Å²) in [6, 6.07) is 12.0. The Bertz CT molecular complexity index is 710. The van der Waals surface area contributed by atoms with Crippen LogP contribution < -0.4 is 10.1 Å². The first-order chi connectivity index (χ1) is 11.4. The van der Waals surface area contributed by atoms with Crippen molar-refractivity contribution >= 4 is 34.2 Å². The number of ether oxygens (including phenoxy) is 1. The van der Waals surface area contributed by atoms with Crippen LogP contribution in [-0.2, 0) is 4.79 Å². The number of nitrogens with one attached hydrogen (secondary N) is 1. The molecule has 1 atom stereocenters. The summed E-state index contributed by atoms with van der Waals surface area (Å²) in [5.41, 5.74) is 4.34. The summed E-state index contributed by atoms with van der Waals surface area (Å²) >= 11 is 2.30. The maximum absolute atomic E-state index is 12.1. The Balaban J connectivity index is 1.93. The lowest BCUT2D eigenvalue weighted by Gasteiger charge is -2.12. The normalized spacial score (nSPS) is 11.9. The molecule has 2 rings (SSSR count). The van der Waals surface area contributed by atoms with Crippen LogP contribution >= 0.6 is 22.6 Å². The molecule has 4 heteroatoms. The van der Waals surface area contributed by atoms with Gasteiger partial charge in [-0.05, 0) is 89.7 Å². The molecule has 0 heterocycles. The molecule has 0 aliphatic carbocycles. The SMILES string of the molecule is CC[C@H](C)c1ccc(OCC(=O)Nc2cc(C)c(I)cc2C)cc1. The Kier molecular flexibility index (Phi) is 6.66. The third kappa shape index (κ3) is 4.97. The van der Waals surface area contributed by atoms with Crippen LogP contribution in [0.15, 0.2) is 36.4 Å². The van der Waals surface area contributed by atoms with Crippen molar-refractivity contribution in [3.8, 4) is 5.75 Å². The lowest BCUT2D eigenvalue weighted by atomic mass is 9.99. The van der Waals surface area contributed by atoms with Gasteiger partial charge < -0.3 is 10.1 Å². The van der Waals surface area contributed by atoms with Gasteiger partial charge in [-0.3, -0.25) is 4.79 Å². The van der Waals surface area contributed by atoms with Crippen molar-refractivity contribution in [1.29, 1.82) is 0 Å². The third-order valence-electron chi connectivity index (χ3n) is 4.21. The monoisotopic (exact) mass is 437 g/mol. The molecule has 0 aliphatic heterocycles. The van der Waals surface area contributed by atoms with Crippen LogP contribution in [0.5, 0.6) is 5.75 Å². The second-order valence-corrected chi connectivity index (χ2v) is 7.29. The Morgan fingerprint density at radius 2 is 1.83 bits per heavy atom.